The third kappa shape index (κ3) is 4.96. The molecule has 22 heavy (non-hydrogen) atoms. The van der Waals surface area contributed by atoms with Crippen molar-refractivity contribution >= 4 is 39.7 Å². The standard InChI is InChI=1S/C12H19NO7S2/c1-8(2)21-7-6-9(22(17,18)19-3)12(16)20-13-10(14)4-5-11(13)15/h8-9H,4-7H2,1-3H3/i4D. The summed E-state index contributed by atoms with van der Waals surface area (Å²) in [5.41, 5.74) is 0. The van der Waals surface area contributed by atoms with E-state index in [4.69, 9.17) is 1.37 Å². The van der Waals surface area contributed by atoms with Gasteiger partial charge in [0.15, 0.2) is 5.25 Å². The molecule has 8 nitrogen and oxygen atoms in total. The molecule has 2 unspecified atom stereocenters. The molecule has 126 valence electrons. The first-order valence-electron chi connectivity index (χ1n) is 7.09. The summed E-state index contributed by atoms with van der Waals surface area (Å²) in [6, 6.07) is 0. The highest BCUT2D eigenvalue weighted by Crippen LogP contribution is 2.19. The molecule has 10 heteroatoms. The van der Waals surface area contributed by atoms with E-state index in [2.05, 4.69) is 9.02 Å². The van der Waals surface area contributed by atoms with Crippen molar-refractivity contribution in [3.63, 3.8) is 0 Å². The molecule has 0 N–H and O–H groups in total. The van der Waals surface area contributed by atoms with E-state index in [1.165, 1.54) is 11.8 Å². The Hall–Kier alpha value is -1.13. The van der Waals surface area contributed by atoms with Crippen LogP contribution in [-0.4, -0.2) is 54.6 Å². The number of thioether (sulfide) groups is 1. The number of hydroxylamine groups is 2. The van der Waals surface area contributed by atoms with E-state index in [0.717, 1.165) is 7.11 Å². The molecule has 1 aliphatic rings. The van der Waals surface area contributed by atoms with Crippen LogP contribution < -0.4 is 0 Å². The lowest BCUT2D eigenvalue weighted by Crippen LogP contribution is -2.40. The Bertz CT molecular complexity index is 578. The lowest BCUT2D eigenvalue weighted by atomic mass is 10.3. The van der Waals surface area contributed by atoms with Crippen molar-refractivity contribution in [3.8, 4) is 0 Å². The SMILES string of the molecule is [2H]C1CC(=O)N(OC(=O)C(CCSC(C)C)S(=O)(=O)OC)C1=O. The van der Waals surface area contributed by atoms with Crippen LogP contribution in [0.3, 0.4) is 0 Å². The van der Waals surface area contributed by atoms with Gasteiger partial charge in [-0.2, -0.15) is 20.2 Å². The average molecular weight is 354 g/mol. The van der Waals surface area contributed by atoms with E-state index in [9.17, 15) is 22.8 Å². The molecule has 0 radical (unpaired) electrons. The van der Waals surface area contributed by atoms with Gasteiger partial charge in [0.25, 0.3) is 21.9 Å². The second kappa shape index (κ2) is 7.93. The highest BCUT2D eigenvalue weighted by molar-refractivity contribution is 7.99. The molecule has 2 amide bonds. The number of nitrogens with zero attached hydrogens (tertiary/aromatic N) is 1. The second-order valence-corrected chi connectivity index (χ2v) is 8.27. The molecule has 1 heterocycles. The Balaban J connectivity index is 2.83. The molecular weight excluding hydrogens is 334 g/mol. The summed E-state index contributed by atoms with van der Waals surface area (Å²) in [4.78, 5) is 39.8. The maximum atomic E-state index is 12.1. The minimum absolute atomic E-state index is 0.0849. The topological polar surface area (TPSA) is 107 Å². The summed E-state index contributed by atoms with van der Waals surface area (Å²) in [5, 5.41) is -1.25. The number of carbonyl (C=O) groups excluding carboxylic acids is 3. The molecule has 0 bridgehead atoms. The minimum atomic E-state index is -4.23. The maximum absolute atomic E-state index is 12.1. The highest BCUT2D eigenvalue weighted by Gasteiger charge is 2.39. The van der Waals surface area contributed by atoms with Gasteiger partial charge in [0.2, 0.25) is 0 Å². The number of hydrogen-bond acceptors (Lipinski definition) is 8. The first kappa shape index (κ1) is 17.2. The number of amides is 2. The molecule has 0 spiro atoms. The third-order valence-electron chi connectivity index (χ3n) is 2.73. The van der Waals surface area contributed by atoms with Crippen molar-refractivity contribution in [1.82, 2.24) is 5.06 Å². The molecule has 2 atom stereocenters. The summed E-state index contributed by atoms with van der Waals surface area (Å²) in [6.07, 6.45) is -1.83. The minimum Gasteiger partial charge on any atom is -0.329 e. The van der Waals surface area contributed by atoms with Crippen LogP contribution in [0.5, 0.6) is 0 Å². The number of carbonyl (C=O) groups is 3. The van der Waals surface area contributed by atoms with E-state index in [0.29, 0.717) is 5.75 Å². The van der Waals surface area contributed by atoms with Gasteiger partial charge in [-0.05, 0) is 17.4 Å². The zero-order valence-corrected chi connectivity index (χ0v) is 14.1. The molecule has 0 aromatic rings. The molecule has 0 aromatic heterocycles. The Morgan fingerprint density at radius 2 is 2.05 bits per heavy atom. The lowest BCUT2D eigenvalue weighted by Gasteiger charge is -2.18. The number of rotatable bonds is 8. The zero-order chi connectivity index (χ0) is 17.8. The predicted octanol–water partition coefficient (Wildman–Crippen LogP) is 0.470. The fraction of sp³-hybridized carbons (Fsp3) is 0.750. The van der Waals surface area contributed by atoms with Crippen LogP contribution in [0.1, 0.15) is 34.5 Å². The fourth-order valence-corrected chi connectivity index (χ4v) is 3.52. The van der Waals surface area contributed by atoms with Crippen LogP contribution in [0.4, 0.5) is 0 Å². The van der Waals surface area contributed by atoms with Gasteiger partial charge in [0.05, 0.1) is 7.11 Å². The summed E-state index contributed by atoms with van der Waals surface area (Å²) >= 11 is 1.44. The van der Waals surface area contributed by atoms with E-state index >= 15 is 0 Å². The van der Waals surface area contributed by atoms with Gasteiger partial charge in [-0.3, -0.25) is 13.8 Å². The number of imide groups is 1. The van der Waals surface area contributed by atoms with Crippen molar-refractivity contribution in [3.05, 3.63) is 0 Å². The van der Waals surface area contributed by atoms with Gasteiger partial charge in [-0.25, -0.2) is 4.79 Å². The Morgan fingerprint density at radius 3 is 2.50 bits per heavy atom. The number of hydrogen-bond donors (Lipinski definition) is 0. The van der Waals surface area contributed by atoms with Crippen LogP contribution >= 0.6 is 11.8 Å². The van der Waals surface area contributed by atoms with Gasteiger partial charge in [0.1, 0.15) is 0 Å². The van der Waals surface area contributed by atoms with Crippen molar-refractivity contribution in [1.29, 1.82) is 0 Å². The van der Waals surface area contributed by atoms with Crippen LogP contribution in [0.15, 0.2) is 0 Å². The van der Waals surface area contributed by atoms with E-state index in [1.807, 2.05) is 13.8 Å². The average Bonchev–Trinajstić information content (AvgIpc) is 2.69. The largest absolute Gasteiger partial charge is 0.353 e. The van der Waals surface area contributed by atoms with Crippen LogP contribution in [-0.2, 0) is 33.5 Å². The molecule has 0 aromatic carbocycles. The maximum Gasteiger partial charge on any atom is 0.353 e. The third-order valence-corrected chi connectivity index (χ3v) is 5.46. The first-order chi connectivity index (χ1) is 10.6. The van der Waals surface area contributed by atoms with Crippen LogP contribution in [0, 0.1) is 0 Å². The summed E-state index contributed by atoms with van der Waals surface area (Å²) in [5.74, 6) is -2.77. The summed E-state index contributed by atoms with van der Waals surface area (Å²) < 4.78 is 35.4. The smallest absolute Gasteiger partial charge is 0.329 e. The molecule has 0 aliphatic carbocycles. The monoisotopic (exact) mass is 354 g/mol. The Kier molecular flexibility index (Phi) is 6.21. The molecular formula is C12H19NO7S2. The first-order valence-corrected chi connectivity index (χ1v) is 9.04. The van der Waals surface area contributed by atoms with Crippen LogP contribution in [0.2, 0.25) is 0 Å². The summed E-state index contributed by atoms with van der Waals surface area (Å²) in [6.45, 7) is 3.83. The Morgan fingerprint density at radius 1 is 1.41 bits per heavy atom. The molecule has 1 rings (SSSR count). The highest BCUT2D eigenvalue weighted by atomic mass is 32.2. The normalized spacial score (nSPS) is 21.2. The van der Waals surface area contributed by atoms with E-state index < -0.39 is 46.0 Å². The second-order valence-electron chi connectivity index (χ2n) is 4.70. The summed E-state index contributed by atoms with van der Waals surface area (Å²) in [7, 11) is -3.32. The van der Waals surface area contributed by atoms with Crippen LogP contribution in [0.25, 0.3) is 0 Å². The molecule has 1 aliphatic heterocycles. The predicted molar refractivity (Wildman–Crippen MR) is 79.1 cm³/mol. The van der Waals surface area contributed by atoms with Crippen molar-refractivity contribution in [2.24, 2.45) is 0 Å². The quantitative estimate of drug-likeness (QED) is 0.457. The Labute approximate surface area is 135 Å². The van der Waals surface area contributed by atoms with Crippen molar-refractivity contribution in [2.45, 2.75) is 43.6 Å². The fourth-order valence-electron chi connectivity index (χ4n) is 1.61. The van der Waals surface area contributed by atoms with Gasteiger partial charge in [-0.1, -0.05) is 13.8 Å². The van der Waals surface area contributed by atoms with Gasteiger partial charge < -0.3 is 4.84 Å². The van der Waals surface area contributed by atoms with E-state index in [-0.39, 0.29) is 16.7 Å². The van der Waals surface area contributed by atoms with Gasteiger partial charge in [-0.15, -0.1) is 5.06 Å². The van der Waals surface area contributed by atoms with Gasteiger partial charge >= 0.3 is 5.97 Å². The zero-order valence-electron chi connectivity index (χ0n) is 13.5. The van der Waals surface area contributed by atoms with Crippen molar-refractivity contribution in [2.75, 3.05) is 12.9 Å². The molecule has 1 saturated heterocycles. The van der Waals surface area contributed by atoms with Gasteiger partial charge in [0, 0.05) is 14.2 Å². The molecule has 1 fully saturated rings. The van der Waals surface area contributed by atoms with Crippen molar-refractivity contribution < 1.29 is 33.2 Å². The van der Waals surface area contributed by atoms with E-state index in [1.54, 1.807) is 0 Å². The molecule has 0 saturated carbocycles. The lowest BCUT2D eigenvalue weighted by molar-refractivity contribution is -0.197.